The van der Waals surface area contributed by atoms with Crippen molar-refractivity contribution in [2.45, 2.75) is 36.5 Å². The summed E-state index contributed by atoms with van der Waals surface area (Å²) in [6, 6.07) is 1.44. The van der Waals surface area contributed by atoms with E-state index >= 15 is 0 Å². The van der Waals surface area contributed by atoms with E-state index in [-0.39, 0.29) is 34.2 Å². The molecule has 0 radical (unpaired) electrons. The number of aromatic nitrogens is 1. The van der Waals surface area contributed by atoms with Crippen molar-refractivity contribution in [2.75, 3.05) is 32.4 Å². The Balaban J connectivity index is 1.66. The third kappa shape index (κ3) is 4.17. The van der Waals surface area contributed by atoms with Gasteiger partial charge in [0.25, 0.3) is 0 Å². The molecule has 2 saturated heterocycles. The van der Waals surface area contributed by atoms with Crippen molar-refractivity contribution in [3.05, 3.63) is 23.0 Å². The molecule has 0 bridgehead atoms. The molecule has 3 rings (SSSR count). The van der Waals surface area contributed by atoms with Gasteiger partial charge in [0.1, 0.15) is 0 Å². The molecule has 9 heteroatoms. The summed E-state index contributed by atoms with van der Waals surface area (Å²) < 4.78 is 24.1. The first-order chi connectivity index (χ1) is 12.3. The number of sulfone groups is 1. The zero-order valence-electron chi connectivity index (χ0n) is 14.6. The first kappa shape index (κ1) is 19.1. The van der Waals surface area contributed by atoms with Crippen molar-refractivity contribution in [3.63, 3.8) is 0 Å². The van der Waals surface area contributed by atoms with Crippen LogP contribution < -0.4 is 0 Å². The van der Waals surface area contributed by atoms with E-state index < -0.39 is 9.84 Å². The molecule has 2 amide bonds. The van der Waals surface area contributed by atoms with Gasteiger partial charge in [-0.2, -0.15) is 0 Å². The second-order valence-corrected chi connectivity index (χ2v) is 9.30. The maximum absolute atomic E-state index is 12.4. The van der Waals surface area contributed by atoms with Crippen LogP contribution in [0.2, 0.25) is 5.02 Å². The quantitative estimate of drug-likeness (QED) is 0.765. The molecule has 0 saturated carbocycles. The van der Waals surface area contributed by atoms with E-state index in [9.17, 15) is 18.0 Å². The highest BCUT2D eigenvalue weighted by Crippen LogP contribution is 2.32. The standard InChI is InChI=1S/C17H22ClN3O4S/c1-26(24,25)14-9-13(18)10-19-17(14)12-4-7-20(8-5-12)16(23)11-21-6-2-3-15(21)22/h9-10,12H,2-8,11H2,1H3. The first-order valence-electron chi connectivity index (χ1n) is 8.67. The van der Waals surface area contributed by atoms with Crippen molar-refractivity contribution in [1.29, 1.82) is 0 Å². The molecule has 0 atom stereocenters. The monoisotopic (exact) mass is 399 g/mol. The van der Waals surface area contributed by atoms with Crippen molar-refractivity contribution >= 4 is 33.3 Å². The molecular formula is C17H22ClN3O4S. The minimum atomic E-state index is -3.43. The highest BCUT2D eigenvalue weighted by molar-refractivity contribution is 7.90. The van der Waals surface area contributed by atoms with Gasteiger partial charge in [-0.1, -0.05) is 11.6 Å². The van der Waals surface area contributed by atoms with E-state index in [1.165, 1.54) is 12.3 Å². The lowest BCUT2D eigenvalue weighted by Gasteiger charge is -2.33. The average molecular weight is 400 g/mol. The van der Waals surface area contributed by atoms with Crippen molar-refractivity contribution in [2.24, 2.45) is 0 Å². The number of halogens is 1. The predicted octanol–water partition coefficient (Wildman–Crippen LogP) is 1.47. The summed E-state index contributed by atoms with van der Waals surface area (Å²) in [5, 5.41) is 0.289. The Morgan fingerprint density at radius 2 is 2.00 bits per heavy atom. The largest absolute Gasteiger partial charge is 0.341 e. The minimum absolute atomic E-state index is 0.0329. The van der Waals surface area contributed by atoms with Crippen molar-refractivity contribution < 1.29 is 18.0 Å². The summed E-state index contributed by atoms with van der Waals surface area (Å²) in [7, 11) is -3.43. The maximum atomic E-state index is 12.4. The van der Waals surface area contributed by atoms with Gasteiger partial charge in [0.15, 0.2) is 9.84 Å². The van der Waals surface area contributed by atoms with Crippen molar-refractivity contribution in [3.8, 4) is 0 Å². The van der Waals surface area contributed by atoms with Crippen LogP contribution in [0.25, 0.3) is 0 Å². The molecule has 1 aromatic rings. The van der Waals surface area contributed by atoms with Crippen LogP contribution in [0.15, 0.2) is 17.2 Å². The topological polar surface area (TPSA) is 87.7 Å². The molecule has 0 N–H and O–H groups in total. The van der Waals surface area contributed by atoms with Crippen LogP contribution in [-0.2, 0) is 19.4 Å². The van der Waals surface area contributed by atoms with E-state index in [1.807, 2.05) is 0 Å². The number of amides is 2. The molecule has 0 unspecified atom stereocenters. The Morgan fingerprint density at radius 1 is 1.31 bits per heavy atom. The number of hydrogen-bond donors (Lipinski definition) is 0. The number of pyridine rings is 1. The fourth-order valence-corrected chi connectivity index (χ4v) is 4.73. The minimum Gasteiger partial charge on any atom is -0.341 e. The summed E-state index contributed by atoms with van der Waals surface area (Å²) in [4.78, 5) is 31.9. The van der Waals surface area contributed by atoms with Gasteiger partial charge in [0.05, 0.1) is 22.2 Å². The van der Waals surface area contributed by atoms with Crippen LogP contribution in [0.3, 0.4) is 0 Å². The molecule has 0 aromatic carbocycles. The third-order valence-corrected chi connectivity index (χ3v) is 6.31. The lowest BCUT2D eigenvalue weighted by Crippen LogP contribution is -2.44. The van der Waals surface area contributed by atoms with E-state index in [4.69, 9.17) is 11.6 Å². The number of carbonyl (C=O) groups is 2. The zero-order chi connectivity index (χ0) is 18.9. The second-order valence-electron chi connectivity index (χ2n) is 6.88. The fraction of sp³-hybridized carbons (Fsp3) is 0.588. The van der Waals surface area contributed by atoms with E-state index in [0.717, 1.165) is 12.7 Å². The SMILES string of the molecule is CS(=O)(=O)c1cc(Cl)cnc1C1CCN(C(=O)CN2CCCC2=O)CC1. The number of likely N-dealkylation sites (tertiary alicyclic amines) is 2. The average Bonchev–Trinajstić information content (AvgIpc) is 2.99. The maximum Gasteiger partial charge on any atom is 0.242 e. The molecule has 2 aliphatic rings. The molecule has 26 heavy (non-hydrogen) atoms. The highest BCUT2D eigenvalue weighted by Gasteiger charge is 2.30. The van der Waals surface area contributed by atoms with E-state index in [1.54, 1.807) is 9.80 Å². The Labute approximate surface area is 158 Å². The van der Waals surface area contributed by atoms with Gasteiger partial charge in [0.2, 0.25) is 11.8 Å². The summed E-state index contributed by atoms with van der Waals surface area (Å²) in [6.45, 7) is 1.84. The number of hydrogen-bond acceptors (Lipinski definition) is 5. The second kappa shape index (κ2) is 7.52. The third-order valence-electron chi connectivity index (χ3n) is 4.98. The lowest BCUT2D eigenvalue weighted by molar-refractivity contribution is -0.139. The molecule has 2 fully saturated rings. The Kier molecular flexibility index (Phi) is 5.53. The predicted molar refractivity (Wildman–Crippen MR) is 96.7 cm³/mol. The van der Waals surface area contributed by atoms with Crippen LogP contribution >= 0.6 is 11.6 Å². The smallest absolute Gasteiger partial charge is 0.242 e. The molecular weight excluding hydrogens is 378 g/mol. The summed E-state index contributed by atoms with van der Waals surface area (Å²) in [6.07, 6.45) is 5.21. The zero-order valence-corrected chi connectivity index (χ0v) is 16.2. The number of carbonyl (C=O) groups excluding carboxylic acids is 2. The Bertz CT molecular complexity index is 819. The van der Waals surface area contributed by atoms with Crippen LogP contribution in [-0.4, -0.2) is 67.5 Å². The van der Waals surface area contributed by atoms with E-state index in [2.05, 4.69) is 4.98 Å². The van der Waals surface area contributed by atoms with Gasteiger partial charge in [-0.3, -0.25) is 14.6 Å². The normalized spacial score (nSPS) is 19.2. The molecule has 3 heterocycles. The molecule has 2 aliphatic heterocycles. The summed E-state index contributed by atoms with van der Waals surface area (Å²) in [5.74, 6) is -0.0445. The van der Waals surface area contributed by atoms with Gasteiger partial charge < -0.3 is 9.80 Å². The van der Waals surface area contributed by atoms with Crippen molar-refractivity contribution in [1.82, 2.24) is 14.8 Å². The van der Waals surface area contributed by atoms with Crippen LogP contribution in [0.1, 0.15) is 37.3 Å². The first-order valence-corrected chi connectivity index (χ1v) is 10.9. The van der Waals surface area contributed by atoms with Crippen LogP contribution in [0, 0.1) is 0 Å². The summed E-state index contributed by atoms with van der Waals surface area (Å²) >= 11 is 5.91. The van der Waals surface area contributed by atoms with Crippen LogP contribution in [0.4, 0.5) is 0 Å². The van der Waals surface area contributed by atoms with Crippen LogP contribution in [0.5, 0.6) is 0 Å². The summed E-state index contributed by atoms with van der Waals surface area (Å²) in [5.41, 5.74) is 0.527. The molecule has 1 aromatic heterocycles. The Morgan fingerprint density at radius 3 is 2.58 bits per heavy atom. The van der Waals surface area contributed by atoms with E-state index in [0.29, 0.717) is 44.6 Å². The van der Waals surface area contributed by atoms with Gasteiger partial charge in [-0.05, 0) is 25.3 Å². The fourth-order valence-electron chi connectivity index (χ4n) is 3.57. The molecule has 7 nitrogen and oxygen atoms in total. The number of rotatable bonds is 4. The van der Waals surface area contributed by atoms with Gasteiger partial charge in [-0.25, -0.2) is 8.42 Å². The number of piperidine rings is 1. The number of nitrogens with zero attached hydrogens (tertiary/aromatic N) is 3. The van der Waals surface area contributed by atoms with Gasteiger partial charge in [0, 0.05) is 44.4 Å². The lowest BCUT2D eigenvalue weighted by atomic mass is 9.93. The van der Waals surface area contributed by atoms with Gasteiger partial charge in [-0.15, -0.1) is 0 Å². The molecule has 0 aliphatic carbocycles. The molecule has 142 valence electrons. The highest BCUT2D eigenvalue weighted by atomic mass is 35.5. The Hall–Kier alpha value is -1.67. The molecule has 0 spiro atoms. The van der Waals surface area contributed by atoms with Gasteiger partial charge >= 0.3 is 0 Å².